The number of carbonyl (C=O) groups excluding carboxylic acids is 2. The van der Waals surface area contributed by atoms with E-state index in [0.29, 0.717) is 17.8 Å². The summed E-state index contributed by atoms with van der Waals surface area (Å²) in [4.78, 5) is 25.5. The second-order valence-electron chi connectivity index (χ2n) is 4.86. The first-order valence-electron chi connectivity index (χ1n) is 6.30. The second kappa shape index (κ2) is 4.56. The smallest absolute Gasteiger partial charge is 0.319 e. The number of amides is 3. The third-order valence-corrected chi connectivity index (χ3v) is 3.58. The molecule has 0 fully saturated rings. The number of rotatable bonds is 2. The van der Waals surface area contributed by atoms with Gasteiger partial charge in [0.1, 0.15) is 5.75 Å². The fourth-order valence-corrected chi connectivity index (χ4v) is 2.56. The molecule has 2 N–H and O–H groups in total. The number of carbonyl (C=O) groups is 2. The van der Waals surface area contributed by atoms with Crippen LogP contribution in [0, 0.1) is 0 Å². The summed E-state index contributed by atoms with van der Waals surface area (Å²) in [5.74, 6) is 0.673. The molecule has 3 rings (SSSR count). The lowest BCUT2D eigenvalue weighted by molar-refractivity contribution is -0.124. The molecule has 0 unspecified atom stereocenters. The van der Waals surface area contributed by atoms with Crippen molar-refractivity contribution in [1.29, 1.82) is 0 Å². The van der Waals surface area contributed by atoms with Gasteiger partial charge in [-0.3, -0.25) is 4.79 Å². The van der Waals surface area contributed by atoms with E-state index in [2.05, 4.69) is 10.6 Å². The highest BCUT2D eigenvalue weighted by Crippen LogP contribution is 2.32. The number of nitrogens with zero attached hydrogens (tertiary/aromatic N) is 1. The summed E-state index contributed by atoms with van der Waals surface area (Å²) in [6.07, 6.45) is 0. The van der Waals surface area contributed by atoms with Crippen LogP contribution in [0.5, 0.6) is 5.75 Å². The average molecular weight is 273 g/mol. The molecule has 6 heteroatoms. The Hall–Kier alpha value is -2.50. The zero-order chi connectivity index (χ0) is 14.3. The van der Waals surface area contributed by atoms with Gasteiger partial charge in [-0.1, -0.05) is 12.1 Å². The molecular formula is C14H15N3O3. The van der Waals surface area contributed by atoms with Gasteiger partial charge in [0.25, 0.3) is 5.91 Å². The van der Waals surface area contributed by atoms with Crippen LogP contribution in [0.15, 0.2) is 35.5 Å². The van der Waals surface area contributed by atoms with Crippen molar-refractivity contribution < 1.29 is 14.3 Å². The minimum atomic E-state index is -0.415. The van der Waals surface area contributed by atoms with Gasteiger partial charge < -0.3 is 20.3 Å². The van der Waals surface area contributed by atoms with E-state index >= 15 is 0 Å². The van der Waals surface area contributed by atoms with Crippen molar-refractivity contribution in [2.45, 2.75) is 6.04 Å². The first-order valence-corrected chi connectivity index (χ1v) is 6.30. The zero-order valence-corrected chi connectivity index (χ0v) is 11.3. The number of benzene rings is 1. The van der Waals surface area contributed by atoms with Gasteiger partial charge in [-0.25, -0.2) is 4.79 Å². The molecule has 3 amide bonds. The summed E-state index contributed by atoms with van der Waals surface area (Å²) in [5, 5.41) is 5.50. The van der Waals surface area contributed by atoms with Crippen LogP contribution in [-0.2, 0) is 4.79 Å². The largest absolute Gasteiger partial charge is 0.497 e. The van der Waals surface area contributed by atoms with Crippen LogP contribution in [0.1, 0.15) is 11.6 Å². The van der Waals surface area contributed by atoms with Crippen molar-refractivity contribution in [2.24, 2.45) is 0 Å². The number of ether oxygens (including phenoxy) is 1. The third-order valence-electron chi connectivity index (χ3n) is 3.58. The Labute approximate surface area is 116 Å². The minimum Gasteiger partial charge on any atom is -0.497 e. The van der Waals surface area contributed by atoms with Crippen molar-refractivity contribution in [3.63, 3.8) is 0 Å². The molecule has 0 aromatic heterocycles. The maximum Gasteiger partial charge on any atom is 0.319 e. The summed E-state index contributed by atoms with van der Waals surface area (Å²) < 4.78 is 5.12. The lowest BCUT2D eigenvalue weighted by Gasteiger charge is -2.25. The molecule has 104 valence electrons. The Morgan fingerprint density at radius 3 is 2.60 bits per heavy atom. The first kappa shape index (κ1) is 12.5. The van der Waals surface area contributed by atoms with Crippen LogP contribution < -0.4 is 15.4 Å². The molecule has 1 aromatic carbocycles. The zero-order valence-electron chi connectivity index (χ0n) is 11.3. The third kappa shape index (κ3) is 1.89. The fourth-order valence-electron chi connectivity index (χ4n) is 2.56. The van der Waals surface area contributed by atoms with Crippen molar-refractivity contribution in [3.8, 4) is 5.75 Å². The van der Waals surface area contributed by atoms with E-state index in [1.807, 2.05) is 24.3 Å². The molecule has 0 radical (unpaired) electrons. The fraction of sp³-hybridized carbons (Fsp3) is 0.286. The molecule has 2 aliphatic heterocycles. The van der Waals surface area contributed by atoms with Gasteiger partial charge in [0.05, 0.1) is 31.0 Å². The van der Waals surface area contributed by atoms with Crippen molar-refractivity contribution in [2.75, 3.05) is 20.7 Å². The van der Waals surface area contributed by atoms with Crippen molar-refractivity contribution in [3.05, 3.63) is 41.1 Å². The summed E-state index contributed by atoms with van der Waals surface area (Å²) in [5.41, 5.74) is 2.15. The molecule has 0 saturated carbocycles. The van der Waals surface area contributed by atoms with E-state index in [4.69, 9.17) is 4.74 Å². The predicted octanol–water partition coefficient (Wildman–Crippen LogP) is 0.775. The SMILES string of the molecule is COc1ccc([C@@H]2NC(=O)NC3=C2C(=O)N(C)C3)cc1. The van der Waals surface area contributed by atoms with Crippen molar-refractivity contribution in [1.82, 2.24) is 15.5 Å². The highest BCUT2D eigenvalue weighted by Gasteiger charge is 2.38. The molecule has 6 nitrogen and oxygen atoms in total. The van der Waals surface area contributed by atoms with Gasteiger partial charge in [0.15, 0.2) is 0 Å². The van der Waals surface area contributed by atoms with Crippen molar-refractivity contribution >= 4 is 11.9 Å². The molecular weight excluding hydrogens is 258 g/mol. The van der Waals surface area contributed by atoms with Gasteiger partial charge in [-0.2, -0.15) is 0 Å². The molecule has 0 bridgehead atoms. The van der Waals surface area contributed by atoms with Gasteiger partial charge in [-0.05, 0) is 17.7 Å². The summed E-state index contributed by atoms with van der Waals surface area (Å²) >= 11 is 0. The summed E-state index contributed by atoms with van der Waals surface area (Å²) in [6.45, 7) is 0.439. The lowest BCUT2D eigenvalue weighted by atomic mass is 9.96. The maximum atomic E-state index is 12.2. The summed E-state index contributed by atoms with van der Waals surface area (Å²) in [6, 6.07) is 6.63. The Balaban J connectivity index is 2.00. The van der Waals surface area contributed by atoms with Gasteiger partial charge in [-0.15, -0.1) is 0 Å². The lowest BCUT2D eigenvalue weighted by Crippen LogP contribution is -2.44. The molecule has 20 heavy (non-hydrogen) atoms. The Bertz CT molecular complexity index is 607. The molecule has 1 atom stereocenters. The second-order valence-corrected chi connectivity index (χ2v) is 4.86. The van der Waals surface area contributed by atoms with Crippen LogP contribution in [0.3, 0.4) is 0 Å². The quantitative estimate of drug-likeness (QED) is 0.836. The van der Waals surface area contributed by atoms with E-state index in [-0.39, 0.29) is 11.9 Å². The van der Waals surface area contributed by atoms with E-state index in [1.165, 1.54) is 0 Å². The Kier molecular flexibility index (Phi) is 2.85. The maximum absolute atomic E-state index is 12.2. The molecule has 2 heterocycles. The van der Waals surface area contributed by atoms with E-state index in [9.17, 15) is 9.59 Å². The van der Waals surface area contributed by atoms with Gasteiger partial charge in [0.2, 0.25) is 0 Å². The highest BCUT2D eigenvalue weighted by molar-refractivity contribution is 6.01. The number of hydrogen-bond donors (Lipinski definition) is 2. The van der Waals surface area contributed by atoms with E-state index in [0.717, 1.165) is 11.3 Å². The number of hydrogen-bond acceptors (Lipinski definition) is 3. The molecule has 0 spiro atoms. The minimum absolute atomic E-state index is 0.0617. The topological polar surface area (TPSA) is 70.7 Å². The predicted molar refractivity (Wildman–Crippen MR) is 72.1 cm³/mol. The van der Waals surface area contributed by atoms with Crippen LogP contribution in [0.25, 0.3) is 0 Å². The van der Waals surface area contributed by atoms with Crippen LogP contribution in [-0.4, -0.2) is 37.5 Å². The molecule has 1 aromatic rings. The standard InChI is InChI=1S/C14H15N3O3/c1-17-7-10-11(13(17)18)12(16-14(19)15-10)8-3-5-9(20-2)6-4-8/h3-6,12H,7H2,1-2H3,(H2,15,16,19)/t12-/m0/s1. The molecule has 2 aliphatic rings. The van der Waals surface area contributed by atoms with Crippen LogP contribution in [0.2, 0.25) is 0 Å². The monoisotopic (exact) mass is 273 g/mol. The number of urea groups is 1. The molecule has 0 saturated heterocycles. The number of likely N-dealkylation sites (N-methyl/N-ethyl adjacent to an activating group) is 1. The summed E-state index contributed by atoms with van der Waals surface area (Å²) in [7, 11) is 3.31. The van der Waals surface area contributed by atoms with Crippen LogP contribution >= 0.6 is 0 Å². The van der Waals surface area contributed by atoms with E-state index in [1.54, 1.807) is 19.1 Å². The highest BCUT2D eigenvalue weighted by atomic mass is 16.5. The number of methoxy groups -OCH3 is 1. The first-order chi connectivity index (χ1) is 9.60. The van der Waals surface area contributed by atoms with Crippen LogP contribution in [0.4, 0.5) is 4.79 Å². The molecule has 0 aliphatic carbocycles. The van der Waals surface area contributed by atoms with Gasteiger partial charge in [0, 0.05) is 7.05 Å². The van der Waals surface area contributed by atoms with E-state index < -0.39 is 6.04 Å². The normalized spacial score (nSPS) is 21.5. The Morgan fingerprint density at radius 2 is 1.95 bits per heavy atom. The van der Waals surface area contributed by atoms with Gasteiger partial charge >= 0.3 is 6.03 Å². The average Bonchev–Trinajstić information content (AvgIpc) is 2.73. The Morgan fingerprint density at radius 1 is 1.25 bits per heavy atom. The number of nitrogens with one attached hydrogen (secondary N) is 2.